The number of carboxylic acids is 1. The average molecular weight is 244 g/mol. The third kappa shape index (κ3) is 2.60. The molecule has 0 saturated carbocycles. The molecule has 0 atom stereocenters. The largest absolute Gasteiger partial charge is 0.480 e. The molecule has 0 aliphatic heterocycles. The van der Waals surface area contributed by atoms with Crippen molar-refractivity contribution < 1.29 is 9.90 Å². The Morgan fingerprint density at radius 3 is 2.89 bits per heavy atom. The summed E-state index contributed by atoms with van der Waals surface area (Å²) in [6, 6.07) is 3.49. The van der Waals surface area contributed by atoms with E-state index in [1.54, 1.807) is 35.5 Å². The molecule has 6 heteroatoms. The van der Waals surface area contributed by atoms with Gasteiger partial charge in [-0.3, -0.25) is 9.78 Å². The Bertz CT molecular complexity index is 585. The number of aliphatic carboxylic acids is 1. The van der Waals surface area contributed by atoms with Crippen LogP contribution in [0.1, 0.15) is 0 Å². The lowest BCUT2D eigenvalue weighted by Crippen LogP contribution is -2.30. The second-order valence-corrected chi connectivity index (χ2v) is 3.63. The maximum Gasteiger partial charge on any atom is 0.323 e. The van der Waals surface area contributed by atoms with E-state index in [2.05, 4.69) is 21.5 Å². The average Bonchev–Trinajstić information content (AvgIpc) is 2.37. The molecule has 2 heterocycles. The van der Waals surface area contributed by atoms with Crippen LogP contribution < -0.4 is 4.90 Å². The fourth-order valence-corrected chi connectivity index (χ4v) is 1.58. The van der Waals surface area contributed by atoms with Crippen molar-refractivity contribution in [3.05, 3.63) is 37.2 Å². The molecular weight excluding hydrogens is 232 g/mol. The van der Waals surface area contributed by atoms with Gasteiger partial charge in [-0.25, -0.2) is 9.97 Å². The van der Waals surface area contributed by atoms with Crippen LogP contribution in [-0.4, -0.2) is 39.1 Å². The van der Waals surface area contributed by atoms with Crippen molar-refractivity contribution in [2.24, 2.45) is 0 Å². The molecule has 0 bridgehead atoms. The Balaban J connectivity index is 2.37. The third-order valence-corrected chi connectivity index (χ3v) is 2.32. The topological polar surface area (TPSA) is 79.2 Å². The highest BCUT2D eigenvalue weighted by Gasteiger charge is 2.11. The van der Waals surface area contributed by atoms with E-state index in [0.29, 0.717) is 23.5 Å². The van der Waals surface area contributed by atoms with Crippen LogP contribution in [0.4, 0.5) is 5.82 Å². The minimum absolute atomic E-state index is 0.134. The van der Waals surface area contributed by atoms with E-state index >= 15 is 0 Å². The van der Waals surface area contributed by atoms with Gasteiger partial charge in [-0.2, -0.15) is 0 Å². The molecule has 0 fully saturated rings. The van der Waals surface area contributed by atoms with E-state index in [4.69, 9.17) is 5.11 Å². The molecule has 0 aromatic carbocycles. The molecule has 2 rings (SSSR count). The van der Waals surface area contributed by atoms with Crippen molar-refractivity contribution in [1.82, 2.24) is 15.0 Å². The zero-order valence-electron chi connectivity index (χ0n) is 9.65. The van der Waals surface area contributed by atoms with Crippen LogP contribution in [0.25, 0.3) is 11.2 Å². The first-order chi connectivity index (χ1) is 8.70. The molecule has 2 aromatic rings. The molecular formula is C12H12N4O2. The first kappa shape index (κ1) is 12.0. The summed E-state index contributed by atoms with van der Waals surface area (Å²) in [7, 11) is 0. The number of hydrogen-bond acceptors (Lipinski definition) is 5. The Morgan fingerprint density at radius 1 is 1.39 bits per heavy atom. The summed E-state index contributed by atoms with van der Waals surface area (Å²) in [6.45, 7) is 3.88. The van der Waals surface area contributed by atoms with Gasteiger partial charge in [0.05, 0.1) is 0 Å². The standard InChI is InChI=1S/C12H12N4O2/c1-2-7-16(8-11(17)18)10-4-3-9-12(15-10)14-6-5-13-9/h2-6H,1,7-8H2,(H,17,18). The first-order valence-electron chi connectivity index (χ1n) is 5.36. The van der Waals surface area contributed by atoms with Crippen molar-refractivity contribution in [1.29, 1.82) is 0 Å². The van der Waals surface area contributed by atoms with Crippen LogP contribution >= 0.6 is 0 Å². The number of fused-ring (bicyclic) bond motifs is 1. The smallest absolute Gasteiger partial charge is 0.323 e. The third-order valence-electron chi connectivity index (χ3n) is 2.32. The minimum atomic E-state index is -0.919. The second kappa shape index (κ2) is 5.22. The quantitative estimate of drug-likeness (QED) is 0.793. The number of carbonyl (C=O) groups is 1. The number of aromatic nitrogens is 3. The normalized spacial score (nSPS) is 10.2. The van der Waals surface area contributed by atoms with Crippen molar-refractivity contribution in [2.75, 3.05) is 18.0 Å². The molecule has 0 unspecified atom stereocenters. The second-order valence-electron chi connectivity index (χ2n) is 3.63. The molecule has 0 amide bonds. The summed E-state index contributed by atoms with van der Waals surface area (Å²) in [5.41, 5.74) is 1.17. The van der Waals surface area contributed by atoms with Gasteiger partial charge in [-0.05, 0) is 12.1 Å². The Kier molecular flexibility index (Phi) is 3.47. The number of nitrogens with zero attached hydrogens (tertiary/aromatic N) is 4. The summed E-state index contributed by atoms with van der Waals surface area (Å²) in [4.78, 5) is 24.9. The van der Waals surface area contributed by atoms with Crippen LogP contribution in [0.2, 0.25) is 0 Å². The summed E-state index contributed by atoms with van der Waals surface area (Å²) >= 11 is 0. The van der Waals surface area contributed by atoms with Gasteiger partial charge in [0.1, 0.15) is 17.9 Å². The zero-order valence-corrected chi connectivity index (χ0v) is 9.65. The van der Waals surface area contributed by atoms with Crippen LogP contribution in [0.3, 0.4) is 0 Å². The molecule has 92 valence electrons. The van der Waals surface area contributed by atoms with Crippen molar-refractivity contribution >= 4 is 23.0 Å². The van der Waals surface area contributed by atoms with Crippen LogP contribution in [0.15, 0.2) is 37.2 Å². The Morgan fingerprint density at radius 2 is 2.17 bits per heavy atom. The van der Waals surface area contributed by atoms with E-state index in [1.807, 2.05) is 0 Å². The van der Waals surface area contributed by atoms with E-state index in [0.717, 1.165) is 0 Å². The van der Waals surface area contributed by atoms with Crippen molar-refractivity contribution in [3.8, 4) is 0 Å². The molecule has 2 aromatic heterocycles. The van der Waals surface area contributed by atoms with Crippen LogP contribution in [-0.2, 0) is 4.79 Å². The number of rotatable bonds is 5. The number of pyridine rings is 1. The van der Waals surface area contributed by atoms with Gasteiger partial charge in [0.25, 0.3) is 0 Å². The maximum absolute atomic E-state index is 10.8. The molecule has 1 N–H and O–H groups in total. The summed E-state index contributed by atoms with van der Waals surface area (Å²) in [5, 5.41) is 8.85. The van der Waals surface area contributed by atoms with Gasteiger partial charge in [0, 0.05) is 18.9 Å². The monoisotopic (exact) mass is 244 g/mol. The highest BCUT2D eigenvalue weighted by Crippen LogP contribution is 2.14. The van der Waals surface area contributed by atoms with E-state index in [-0.39, 0.29) is 6.54 Å². The molecule has 0 aliphatic carbocycles. The maximum atomic E-state index is 10.8. The minimum Gasteiger partial charge on any atom is -0.480 e. The predicted molar refractivity (Wildman–Crippen MR) is 67.4 cm³/mol. The summed E-state index contributed by atoms with van der Waals surface area (Å²) in [6.07, 6.45) is 4.77. The highest BCUT2D eigenvalue weighted by atomic mass is 16.4. The van der Waals surface area contributed by atoms with Crippen molar-refractivity contribution in [2.45, 2.75) is 0 Å². The fraction of sp³-hybridized carbons (Fsp3) is 0.167. The van der Waals surface area contributed by atoms with Gasteiger partial charge in [0.15, 0.2) is 5.65 Å². The zero-order chi connectivity index (χ0) is 13.0. The highest BCUT2D eigenvalue weighted by molar-refractivity contribution is 5.75. The fourth-order valence-electron chi connectivity index (χ4n) is 1.58. The predicted octanol–water partition coefficient (Wildman–Crippen LogP) is 1.10. The van der Waals surface area contributed by atoms with E-state index in [9.17, 15) is 4.79 Å². The molecule has 0 aliphatic rings. The van der Waals surface area contributed by atoms with Crippen LogP contribution in [0.5, 0.6) is 0 Å². The van der Waals surface area contributed by atoms with E-state index in [1.165, 1.54) is 0 Å². The summed E-state index contributed by atoms with van der Waals surface area (Å²) < 4.78 is 0. The number of hydrogen-bond donors (Lipinski definition) is 1. The van der Waals surface area contributed by atoms with Gasteiger partial charge < -0.3 is 10.0 Å². The lowest BCUT2D eigenvalue weighted by atomic mass is 10.3. The Labute approximate surface area is 104 Å². The van der Waals surface area contributed by atoms with Gasteiger partial charge in [-0.15, -0.1) is 6.58 Å². The molecule has 0 radical (unpaired) electrons. The number of carboxylic acid groups (broad SMARTS) is 1. The van der Waals surface area contributed by atoms with Gasteiger partial charge in [0.2, 0.25) is 0 Å². The lowest BCUT2D eigenvalue weighted by Gasteiger charge is -2.19. The van der Waals surface area contributed by atoms with Crippen LogP contribution in [0, 0.1) is 0 Å². The number of anilines is 1. The lowest BCUT2D eigenvalue weighted by molar-refractivity contribution is -0.135. The SMILES string of the molecule is C=CCN(CC(=O)O)c1ccc2nccnc2n1. The molecule has 6 nitrogen and oxygen atoms in total. The van der Waals surface area contributed by atoms with Gasteiger partial charge in [-0.1, -0.05) is 6.08 Å². The summed E-state index contributed by atoms with van der Waals surface area (Å²) in [5.74, 6) is -0.372. The first-order valence-corrected chi connectivity index (χ1v) is 5.36. The molecule has 0 saturated heterocycles. The van der Waals surface area contributed by atoms with Crippen molar-refractivity contribution in [3.63, 3.8) is 0 Å². The van der Waals surface area contributed by atoms with E-state index < -0.39 is 5.97 Å². The Hall–Kier alpha value is -2.50. The van der Waals surface area contributed by atoms with Gasteiger partial charge >= 0.3 is 5.97 Å². The molecule has 18 heavy (non-hydrogen) atoms. The molecule has 0 spiro atoms.